The summed E-state index contributed by atoms with van der Waals surface area (Å²) in [5.41, 5.74) is 0. The molecular formula is C17H26N2O4. The minimum Gasteiger partial charge on any atom is -0.459 e. The van der Waals surface area contributed by atoms with Gasteiger partial charge in [-0.1, -0.05) is 13.8 Å². The lowest BCUT2D eigenvalue weighted by Gasteiger charge is -2.34. The van der Waals surface area contributed by atoms with Gasteiger partial charge in [-0.2, -0.15) is 0 Å². The highest BCUT2D eigenvalue weighted by Gasteiger charge is 2.33. The van der Waals surface area contributed by atoms with Gasteiger partial charge in [-0.3, -0.25) is 9.59 Å². The Labute approximate surface area is 136 Å². The van der Waals surface area contributed by atoms with Crippen molar-refractivity contribution in [2.24, 2.45) is 5.92 Å². The molecule has 0 aromatic carbocycles. The lowest BCUT2D eigenvalue weighted by molar-refractivity contribution is -0.126. The zero-order chi connectivity index (χ0) is 16.8. The maximum Gasteiger partial charge on any atom is 0.290 e. The predicted octanol–water partition coefficient (Wildman–Crippen LogP) is 1.80. The molecule has 0 bridgehead atoms. The van der Waals surface area contributed by atoms with Gasteiger partial charge in [0.25, 0.3) is 5.91 Å². The van der Waals surface area contributed by atoms with Crippen LogP contribution in [0.15, 0.2) is 22.8 Å². The molecular weight excluding hydrogens is 296 g/mol. The topological polar surface area (TPSA) is 82.8 Å². The van der Waals surface area contributed by atoms with Gasteiger partial charge in [0.15, 0.2) is 5.76 Å². The van der Waals surface area contributed by atoms with Crippen LogP contribution in [-0.4, -0.2) is 47.1 Å². The Morgan fingerprint density at radius 2 is 2.22 bits per heavy atom. The summed E-state index contributed by atoms with van der Waals surface area (Å²) < 4.78 is 5.16. The van der Waals surface area contributed by atoms with E-state index < -0.39 is 12.1 Å². The lowest BCUT2D eigenvalue weighted by atomic mass is 10.0. The molecule has 1 aromatic rings. The summed E-state index contributed by atoms with van der Waals surface area (Å²) in [6, 6.07) is 2.82. The second-order valence-electron chi connectivity index (χ2n) is 6.38. The highest BCUT2D eigenvalue weighted by Crippen LogP contribution is 2.20. The molecule has 2 atom stereocenters. The molecule has 2 unspecified atom stereocenters. The zero-order valence-corrected chi connectivity index (χ0v) is 13.8. The summed E-state index contributed by atoms with van der Waals surface area (Å²) in [4.78, 5) is 26.5. The van der Waals surface area contributed by atoms with Crippen LogP contribution >= 0.6 is 0 Å². The van der Waals surface area contributed by atoms with Crippen molar-refractivity contribution in [1.82, 2.24) is 10.2 Å². The van der Waals surface area contributed by atoms with Crippen molar-refractivity contribution in [3.63, 3.8) is 0 Å². The van der Waals surface area contributed by atoms with E-state index >= 15 is 0 Å². The highest BCUT2D eigenvalue weighted by atomic mass is 16.3. The fourth-order valence-electron chi connectivity index (χ4n) is 2.78. The van der Waals surface area contributed by atoms with Crippen molar-refractivity contribution < 1.29 is 19.1 Å². The molecule has 2 rings (SSSR count). The van der Waals surface area contributed by atoms with E-state index in [4.69, 9.17) is 4.42 Å². The highest BCUT2D eigenvalue weighted by molar-refractivity contribution is 5.95. The Morgan fingerprint density at radius 1 is 1.43 bits per heavy atom. The summed E-state index contributed by atoms with van der Waals surface area (Å²) in [7, 11) is 0. The van der Waals surface area contributed by atoms with Crippen LogP contribution in [0.2, 0.25) is 0 Å². The molecule has 23 heavy (non-hydrogen) atoms. The van der Waals surface area contributed by atoms with Crippen LogP contribution < -0.4 is 5.32 Å². The molecule has 6 heteroatoms. The second kappa shape index (κ2) is 8.15. The Hall–Kier alpha value is -1.82. The molecule has 0 aliphatic carbocycles. The Morgan fingerprint density at radius 3 is 2.87 bits per heavy atom. The van der Waals surface area contributed by atoms with E-state index in [-0.39, 0.29) is 23.5 Å². The van der Waals surface area contributed by atoms with E-state index in [1.54, 1.807) is 17.0 Å². The summed E-state index contributed by atoms with van der Waals surface area (Å²) in [6.45, 7) is 4.86. The predicted molar refractivity (Wildman–Crippen MR) is 85.9 cm³/mol. The third kappa shape index (κ3) is 4.58. The van der Waals surface area contributed by atoms with Gasteiger partial charge in [0.1, 0.15) is 6.04 Å². The summed E-state index contributed by atoms with van der Waals surface area (Å²) in [6.07, 6.45) is 4.02. The molecule has 1 aliphatic heterocycles. The van der Waals surface area contributed by atoms with E-state index in [1.807, 2.05) is 13.8 Å². The SMILES string of the molecule is CC(C)C(O)CCNC(=O)C1CCCCN1C(=O)c1ccco1. The number of furan rings is 1. The van der Waals surface area contributed by atoms with Crippen LogP contribution in [0, 0.1) is 5.92 Å². The van der Waals surface area contributed by atoms with Gasteiger partial charge >= 0.3 is 0 Å². The third-order valence-electron chi connectivity index (χ3n) is 4.31. The number of aliphatic hydroxyl groups excluding tert-OH is 1. The van der Waals surface area contributed by atoms with E-state index in [2.05, 4.69) is 5.32 Å². The molecule has 0 radical (unpaired) electrons. The van der Waals surface area contributed by atoms with Gasteiger partial charge in [0, 0.05) is 13.1 Å². The molecule has 128 valence electrons. The minimum absolute atomic E-state index is 0.152. The summed E-state index contributed by atoms with van der Waals surface area (Å²) in [5, 5.41) is 12.6. The third-order valence-corrected chi connectivity index (χ3v) is 4.31. The normalized spacial score (nSPS) is 19.7. The quantitative estimate of drug-likeness (QED) is 0.836. The van der Waals surface area contributed by atoms with Crippen LogP contribution in [0.25, 0.3) is 0 Å². The number of likely N-dealkylation sites (tertiary alicyclic amines) is 1. The van der Waals surface area contributed by atoms with E-state index in [0.717, 1.165) is 12.8 Å². The molecule has 0 spiro atoms. The van der Waals surface area contributed by atoms with Gasteiger partial charge in [-0.25, -0.2) is 0 Å². The van der Waals surface area contributed by atoms with Crippen LogP contribution in [0.1, 0.15) is 50.1 Å². The monoisotopic (exact) mass is 322 g/mol. The van der Waals surface area contributed by atoms with Gasteiger partial charge in [-0.05, 0) is 43.7 Å². The minimum atomic E-state index is -0.461. The number of nitrogens with zero attached hydrogens (tertiary/aromatic N) is 1. The zero-order valence-electron chi connectivity index (χ0n) is 13.8. The molecule has 0 saturated carbocycles. The maximum atomic E-state index is 12.5. The number of hydrogen-bond acceptors (Lipinski definition) is 4. The van der Waals surface area contributed by atoms with Gasteiger partial charge in [0.2, 0.25) is 5.91 Å². The van der Waals surface area contributed by atoms with Crippen molar-refractivity contribution in [2.75, 3.05) is 13.1 Å². The first-order chi connectivity index (χ1) is 11.0. The van der Waals surface area contributed by atoms with Gasteiger partial charge in [0.05, 0.1) is 12.4 Å². The molecule has 1 aromatic heterocycles. The molecule has 2 N–H and O–H groups in total. The van der Waals surface area contributed by atoms with Crippen LogP contribution in [0.4, 0.5) is 0 Å². The number of hydrogen-bond donors (Lipinski definition) is 2. The number of aliphatic hydroxyl groups is 1. The fraction of sp³-hybridized carbons (Fsp3) is 0.647. The van der Waals surface area contributed by atoms with Crippen molar-refractivity contribution in [1.29, 1.82) is 0 Å². The van der Waals surface area contributed by atoms with Crippen molar-refractivity contribution in [3.8, 4) is 0 Å². The Bertz CT molecular complexity index is 513. The first-order valence-electron chi connectivity index (χ1n) is 8.31. The molecule has 6 nitrogen and oxygen atoms in total. The van der Waals surface area contributed by atoms with Crippen molar-refractivity contribution in [3.05, 3.63) is 24.2 Å². The first-order valence-corrected chi connectivity index (χ1v) is 8.31. The Balaban J connectivity index is 1.92. The van der Waals surface area contributed by atoms with Gasteiger partial charge in [-0.15, -0.1) is 0 Å². The standard InChI is InChI=1S/C17H26N2O4/c1-12(2)14(20)8-9-18-16(21)13-6-3-4-10-19(13)17(22)15-7-5-11-23-15/h5,7,11-14,20H,3-4,6,8-10H2,1-2H3,(H,18,21). The average Bonchev–Trinajstić information content (AvgIpc) is 3.08. The van der Waals surface area contributed by atoms with Crippen LogP contribution in [0.3, 0.4) is 0 Å². The van der Waals surface area contributed by atoms with Crippen LogP contribution in [-0.2, 0) is 4.79 Å². The van der Waals surface area contributed by atoms with E-state index in [9.17, 15) is 14.7 Å². The lowest BCUT2D eigenvalue weighted by Crippen LogP contribution is -2.52. The number of amides is 2. The van der Waals surface area contributed by atoms with Crippen molar-refractivity contribution >= 4 is 11.8 Å². The maximum absolute atomic E-state index is 12.5. The van der Waals surface area contributed by atoms with E-state index in [0.29, 0.717) is 25.9 Å². The fourth-order valence-corrected chi connectivity index (χ4v) is 2.78. The number of rotatable bonds is 6. The molecule has 2 amide bonds. The number of nitrogens with one attached hydrogen (secondary N) is 1. The smallest absolute Gasteiger partial charge is 0.290 e. The average molecular weight is 322 g/mol. The summed E-state index contributed by atoms with van der Waals surface area (Å²) >= 11 is 0. The summed E-state index contributed by atoms with van der Waals surface area (Å²) in [5.74, 6) is 0.0381. The first kappa shape index (κ1) is 17.5. The Kier molecular flexibility index (Phi) is 6.21. The van der Waals surface area contributed by atoms with Crippen molar-refractivity contribution in [2.45, 2.75) is 51.7 Å². The van der Waals surface area contributed by atoms with Crippen LogP contribution in [0.5, 0.6) is 0 Å². The molecule has 1 aliphatic rings. The number of piperidine rings is 1. The molecule has 1 fully saturated rings. The second-order valence-corrected chi connectivity index (χ2v) is 6.38. The molecule has 1 saturated heterocycles. The largest absolute Gasteiger partial charge is 0.459 e. The number of carbonyl (C=O) groups excluding carboxylic acids is 2. The van der Waals surface area contributed by atoms with Gasteiger partial charge < -0.3 is 19.7 Å². The molecule has 2 heterocycles. The van der Waals surface area contributed by atoms with E-state index in [1.165, 1.54) is 6.26 Å². The number of carbonyl (C=O) groups is 2.